The number of hydrogen-bond acceptors (Lipinski definition) is 1. The van der Waals surface area contributed by atoms with Crippen LogP contribution >= 0.6 is 0 Å². The zero-order valence-corrected chi connectivity index (χ0v) is 9.15. The molecule has 0 radical (unpaired) electrons. The zero-order chi connectivity index (χ0) is 9.97. The lowest BCUT2D eigenvalue weighted by molar-refractivity contribution is -0.0169. The SMILES string of the molecule is CCC(C)OC1CCC2C=CC=CC21. The van der Waals surface area contributed by atoms with Crippen LogP contribution in [0, 0.1) is 11.8 Å². The lowest BCUT2D eigenvalue weighted by Gasteiger charge is -2.24. The third-order valence-electron chi connectivity index (χ3n) is 3.49. The largest absolute Gasteiger partial charge is 0.375 e. The number of hydrogen-bond donors (Lipinski definition) is 0. The smallest absolute Gasteiger partial charge is 0.0647 e. The number of fused-ring (bicyclic) bond motifs is 1. The standard InChI is InChI=1S/C13H20O/c1-3-10(2)14-13-9-8-11-6-4-5-7-12(11)13/h4-7,10-13H,3,8-9H2,1-2H3. The van der Waals surface area contributed by atoms with Crippen molar-refractivity contribution in [3.63, 3.8) is 0 Å². The second-order valence-electron chi connectivity index (χ2n) is 4.48. The number of ether oxygens (including phenoxy) is 1. The molecule has 0 heterocycles. The van der Waals surface area contributed by atoms with Gasteiger partial charge in [-0.1, -0.05) is 31.2 Å². The summed E-state index contributed by atoms with van der Waals surface area (Å²) in [6.07, 6.45) is 13.5. The van der Waals surface area contributed by atoms with Crippen molar-refractivity contribution in [2.45, 2.75) is 45.3 Å². The fourth-order valence-electron chi connectivity index (χ4n) is 2.46. The molecule has 1 heteroatoms. The fraction of sp³-hybridized carbons (Fsp3) is 0.692. The van der Waals surface area contributed by atoms with Crippen LogP contribution in [0.15, 0.2) is 24.3 Å². The van der Waals surface area contributed by atoms with E-state index in [0.29, 0.717) is 18.1 Å². The van der Waals surface area contributed by atoms with Crippen LogP contribution in [0.25, 0.3) is 0 Å². The van der Waals surface area contributed by atoms with Crippen molar-refractivity contribution in [2.24, 2.45) is 11.8 Å². The van der Waals surface area contributed by atoms with Gasteiger partial charge in [0.15, 0.2) is 0 Å². The second kappa shape index (κ2) is 4.31. The van der Waals surface area contributed by atoms with E-state index < -0.39 is 0 Å². The van der Waals surface area contributed by atoms with Gasteiger partial charge in [-0.2, -0.15) is 0 Å². The van der Waals surface area contributed by atoms with Crippen LogP contribution in [0.3, 0.4) is 0 Å². The van der Waals surface area contributed by atoms with E-state index >= 15 is 0 Å². The second-order valence-corrected chi connectivity index (χ2v) is 4.48. The molecule has 0 saturated heterocycles. The highest BCUT2D eigenvalue weighted by molar-refractivity contribution is 5.17. The quantitative estimate of drug-likeness (QED) is 0.666. The van der Waals surface area contributed by atoms with Gasteiger partial charge in [0.25, 0.3) is 0 Å². The van der Waals surface area contributed by atoms with Gasteiger partial charge in [0.2, 0.25) is 0 Å². The molecule has 4 atom stereocenters. The average Bonchev–Trinajstić information content (AvgIpc) is 2.62. The van der Waals surface area contributed by atoms with Gasteiger partial charge in [-0.3, -0.25) is 0 Å². The van der Waals surface area contributed by atoms with E-state index in [0.717, 1.165) is 12.3 Å². The lowest BCUT2D eigenvalue weighted by atomic mass is 9.91. The van der Waals surface area contributed by atoms with Crippen LogP contribution in [0.2, 0.25) is 0 Å². The maximum absolute atomic E-state index is 6.04. The first-order chi connectivity index (χ1) is 6.81. The lowest BCUT2D eigenvalue weighted by Crippen LogP contribution is -2.24. The molecule has 0 aromatic heterocycles. The van der Waals surface area contributed by atoms with E-state index in [4.69, 9.17) is 4.74 Å². The minimum absolute atomic E-state index is 0.415. The molecular weight excluding hydrogens is 172 g/mol. The van der Waals surface area contributed by atoms with Gasteiger partial charge in [0.1, 0.15) is 0 Å². The van der Waals surface area contributed by atoms with Gasteiger partial charge in [-0.15, -0.1) is 0 Å². The first-order valence-electron chi connectivity index (χ1n) is 5.81. The maximum atomic E-state index is 6.04. The third-order valence-corrected chi connectivity index (χ3v) is 3.49. The zero-order valence-electron chi connectivity index (χ0n) is 9.15. The topological polar surface area (TPSA) is 9.23 Å². The summed E-state index contributed by atoms with van der Waals surface area (Å²) in [6.45, 7) is 4.36. The maximum Gasteiger partial charge on any atom is 0.0647 e. The summed E-state index contributed by atoms with van der Waals surface area (Å²) in [5.74, 6) is 1.39. The van der Waals surface area contributed by atoms with Crippen molar-refractivity contribution in [1.29, 1.82) is 0 Å². The van der Waals surface area contributed by atoms with Crippen LogP contribution in [0.1, 0.15) is 33.1 Å². The summed E-state index contributed by atoms with van der Waals surface area (Å²) in [6, 6.07) is 0. The molecule has 0 bridgehead atoms. The van der Waals surface area contributed by atoms with Crippen molar-refractivity contribution in [3.8, 4) is 0 Å². The summed E-state index contributed by atoms with van der Waals surface area (Å²) < 4.78 is 6.04. The highest BCUT2D eigenvalue weighted by Gasteiger charge is 2.34. The van der Waals surface area contributed by atoms with Crippen LogP contribution in [-0.4, -0.2) is 12.2 Å². The van der Waals surface area contributed by atoms with Gasteiger partial charge in [-0.05, 0) is 32.1 Å². The fourth-order valence-corrected chi connectivity index (χ4v) is 2.46. The summed E-state index contributed by atoms with van der Waals surface area (Å²) in [4.78, 5) is 0. The summed E-state index contributed by atoms with van der Waals surface area (Å²) >= 11 is 0. The van der Waals surface area contributed by atoms with Gasteiger partial charge in [0.05, 0.1) is 12.2 Å². The Morgan fingerprint density at radius 2 is 2.07 bits per heavy atom. The Kier molecular flexibility index (Phi) is 3.07. The third kappa shape index (κ3) is 1.93. The summed E-state index contributed by atoms with van der Waals surface area (Å²) in [7, 11) is 0. The van der Waals surface area contributed by atoms with Crippen molar-refractivity contribution >= 4 is 0 Å². The number of rotatable bonds is 3. The summed E-state index contributed by atoms with van der Waals surface area (Å²) in [5, 5.41) is 0. The molecule has 0 spiro atoms. The number of allylic oxidation sites excluding steroid dienone is 3. The van der Waals surface area contributed by atoms with Gasteiger partial charge in [-0.25, -0.2) is 0 Å². The highest BCUT2D eigenvalue weighted by Crippen LogP contribution is 2.38. The van der Waals surface area contributed by atoms with Gasteiger partial charge in [0, 0.05) is 5.92 Å². The van der Waals surface area contributed by atoms with Crippen LogP contribution in [0.4, 0.5) is 0 Å². The van der Waals surface area contributed by atoms with Crippen LogP contribution in [-0.2, 0) is 4.74 Å². The van der Waals surface area contributed by atoms with Crippen molar-refractivity contribution in [3.05, 3.63) is 24.3 Å². The summed E-state index contributed by atoms with van der Waals surface area (Å²) in [5.41, 5.74) is 0. The molecule has 2 rings (SSSR count). The van der Waals surface area contributed by atoms with Gasteiger partial charge < -0.3 is 4.74 Å². The molecule has 0 aromatic rings. The van der Waals surface area contributed by atoms with E-state index in [1.165, 1.54) is 12.8 Å². The Labute approximate surface area is 86.8 Å². The molecule has 0 amide bonds. The van der Waals surface area contributed by atoms with E-state index in [-0.39, 0.29) is 0 Å². The predicted octanol–water partition coefficient (Wildman–Crippen LogP) is 3.32. The molecule has 2 aliphatic rings. The highest BCUT2D eigenvalue weighted by atomic mass is 16.5. The van der Waals surface area contributed by atoms with Crippen molar-refractivity contribution in [2.75, 3.05) is 0 Å². The van der Waals surface area contributed by atoms with Crippen LogP contribution in [0.5, 0.6) is 0 Å². The Morgan fingerprint density at radius 1 is 1.29 bits per heavy atom. The first-order valence-corrected chi connectivity index (χ1v) is 5.81. The first kappa shape index (κ1) is 9.97. The Morgan fingerprint density at radius 3 is 2.86 bits per heavy atom. The predicted molar refractivity (Wildman–Crippen MR) is 59.1 cm³/mol. The molecule has 1 nitrogen and oxygen atoms in total. The van der Waals surface area contributed by atoms with Crippen molar-refractivity contribution < 1.29 is 4.74 Å². The Bertz CT molecular complexity index is 242. The minimum atomic E-state index is 0.415. The normalized spacial score (nSPS) is 37.1. The average molecular weight is 192 g/mol. The molecule has 1 saturated carbocycles. The Balaban J connectivity index is 1.95. The minimum Gasteiger partial charge on any atom is -0.375 e. The molecule has 1 fully saturated rings. The van der Waals surface area contributed by atoms with Crippen molar-refractivity contribution in [1.82, 2.24) is 0 Å². The molecule has 4 unspecified atom stereocenters. The van der Waals surface area contributed by atoms with E-state index in [2.05, 4.69) is 38.2 Å². The molecule has 0 aliphatic heterocycles. The monoisotopic (exact) mass is 192 g/mol. The Hall–Kier alpha value is -0.560. The molecule has 0 aromatic carbocycles. The molecule has 78 valence electrons. The molecule has 0 N–H and O–H groups in total. The van der Waals surface area contributed by atoms with Crippen LogP contribution < -0.4 is 0 Å². The van der Waals surface area contributed by atoms with E-state index in [1.807, 2.05) is 0 Å². The van der Waals surface area contributed by atoms with E-state index in [1.54, 1.807) is 0 Å². The molecular formula is C13H20O. The molecule has 2 aliphatic carbocycles. The van der Waals surface area contributed by atoms with Gasteiger partial charge >= 0.3 is 0 Å². The van der Waals surface area contributed by atoms with E-state index in [9.17, 15) is 0 Å². The molecule has 14 heavy (non-hydrogen) atoms.